The number of anilines is 3. The lowest BCUT2D eigenvalue weighted by molar-refractivity contribution is 0.0740. The van der Waals surface area contributed by atoms with Gasteiger partial charge in [-0.15, -0.1) is 0 Å². The van der Waals surface area contributed by atoms with Gasteiger partial charge in [0.15, 0.2) is 0 Å². The molecule has 1 aliphatic rings. The van der Waals surface area contributed by atoms with Crippen molar-refractivity contribution in [1.29, 1.82) is 0 Å². The highest BCUT2D eigenvalue weighted by Crippen LogP contribution is 2.20. The summed E-state index contributed by atoms with van der Waals surface area (Å²) in [6, 6.07) is 13.5. The van der Waals surface area contributed by atoms with Gasteiger partial charge in [0.05, 0.1) is 11.9 Å². The second-order valence-corrected chi connectivity index (χ2v) is 6.70. The molecule has 1 saturated heterocycles. The van der Waals surface area contributed by atoms with Gasteiger partial charge < -0.3 is 15.1 Å². The van der Waals surface area contributed by atoms with Gasteiger partial charge in [0, 0.05) is 44.3 Å². The molecule has 2 aromatic heterocycles. The van der Waals surface area contributed by atoms with Crippen molar-refractivity contribution in [1.82, 2.24) is 19.9 Å². The third kappa shape index (κ3) is 3.93. The van der Waals surface area contributed by atoms with Crippen molar-refractivity contribution < 1.29 is 4.79 Å². The van der Waals surface area contributed by atoms with Gasteiger partial charge in [0.1, 0.15) is 5.69 Å². The molecule has 0 spiro atoms. The minimum atomic E-state index is -0.0453. The van der Waals surface area contributed by atoms with Gasteiger partial charge in [-0.25, -0.2) is 15.0 Å². The van der Waals surface area contributed by atoms with Crippen molar-refractivity contribution in [2.24, 2.45) is 0 Å². The molecule has 1 aliphatic heterocycles. The SMILES string of the molecule is Cc1ccccc1Nc1ccc(C(=O)N2CCN(c3ncccn3)CC2)nc1. The van der Waals surface area contributed by atoms with Crippen molar-refractivity contribution >= 4 is 23.2 Å². The molecule has 0 saturated carbocycles. The summed E-state index contributed by atoms with van der Waals surface area (Å²) in [5, 5.41) is 3.33. The Morgan fingerprint density at radius 1 is 0.929 bits per heavy atom. The summed E-state index contributed by atoms with van der Waals surface area (Å²) in [4.78, 5) is 29.6. The molecule has 0 radical (unpaired) electrons. The Kier molecular flexibility index (Phi) is 5.14. The lowest BCUT2D eigenvalue weighted by Crippen LogP contribution is -2.49. The number of aryl methyl sites for hydroxylation is 1. The van der Waals surface area contributed by atoms with Crippen LogP contribution in [0.5, 0.6) is 0 Å². The molecule has 1 amide bonds. The average Bonchev–Trinajstić information content (AvgIpc) is 2.76. The zero-order valence-corrected chi connectivity index (χ0v) is 15.7. The maximum Gasteiger partial charge on any atom is 0.272 e. The lowest BCUT2D eigenvalue weighted by atomic mass is 10.2. The zero-order chi connectivity index (χ0) is 19.3. The monoisotopic (exact) mass is 374 g/mol. The molecule has 142 valence electrons. The summed E-state index contributed by atoms with van der Waals surface area (Å²) in [5.74, 6) is 0.662. The van der Waals surface area contributed by atoms with Gasteiger partial charge >= 0.3 is 0 Å². The number of nitrogens with one attached hydrogen (secondary N) is 1. The van der Waals surface area contributed by atoms with E-state index < -0.39 is 0 Å². The van der Waals surface area contributed by atoms with Crippen LogP contribution in [0.3, 0.4) is 0 Å². The van der Waals surface area contributed by atoms with E-state index in [1.165, 1.54) is 0 Å². The van der Waals surface area contributed by atoms with Gasteiger partial charge in [-0.1, -0.05) is 18.2 Å². The van der Waals surface area contributed by atoms with E-state index in [2.05, 4.69) is 25.2 Å². The predicted molar refractivity (Wildman–Crippen MR) is 109 cm³/mol. The first-order valence-corrected chi connectivity index (χ1v) is 9.31. The molecule has 3 heterocycles. The number of amides is 1. The van der Waals surface area contributed by atoms with Crippen LogP contribution in [0.15, 0.2) is 61.1 Å². The van der Waals surface area contributed by atoms with Gasteiger partial charge in [-0.05, 0) is 36.8 Å². The summed E-state index contributed by atoms with van der Waals surface area (Å²) < 4.78 is 0. The summed E-state index contributed by atoms with van der Waals surface area (Å²) >= 11 is 0. The molecule has 0 unspecified atom stereocenters. The van der Waals surface area contributed by atoms with Crippen LogP contribution in [-0.4, -0.2) is 51.9 Å². The van der Waals surface area contributed by atoms with E-state index in [1.54, 1.807) is 30.7 Å². The highest BCUT2D eigenvalue weighted by atomic mass is 16.2. The molecule has 28 heavy (non-hydrogen) atoms. The highest BCUT2D eigenvalue weighted by molar-refractivity contribution is 5.92. The number of piperazine rings is 1. The number of carbonyl (C=O) groups excluding carboxylic acids is 1. The van der Waals surface area contributed by atoms with Gasteiger partial charge in [-0.2, -0.15) is 0 Å². The molecule has 4 rings (SSSR count). The number of aromatic nitrogens is 3. The molecule has 3 aromatic rings. The summed E-state index contributed by atoms with van der Waals surface area (Å²) in [7, 11) is 0. The third-order valence-electron chi connectivity index (χ3n) is 4.81. The molecular weight excluding hydrogens is 352 g/mol. The third-order valence-corrected chi connectivity index (χ3v) is 4.81. The Morgan fingerprint density at radius 3 is 2.36 bits per heavy atom. The molecular formula is C21H22N6O. The van der Waals surface area contributed by atoms with Crippen LogP contribution < -0.4 is 10.2 Å². The Bertz CT molecular complexity index is 937. The Labute approximate surface area is 164 Å². The number of hydrogen-bond acceptors (Lipinski definition) is 6. The number of rotatable bonds is 4. The molecule has 0 aliphatic carbocycles. The molecule has 0 bridgehead atoms. The van der Waals surface area contributed by atoms with E-state index in [0.29, 0.717) is 37.8 Å². The van der Waals surface area contributed by atoms with E-state index in [0.717, 1.165) is 16.9 Å². The number of nitrogens with zero attached hydrogens (tertiary/aromatic N) is 5. The first-order valence-electron chi connectivity index (χ1n) is 9.31. The molecule has 1 N–H and O–H groups in total. The Hall–Kier alpha value is -3.48. The maximum atomic E-state index is 12.8. The van der Waals surface area contributed by atoms with Crippen LogP contribution >= 0.6 is 0 Å². The van der Waals surface area contributed by atoms with Crippen LogP contribution in [0, 0.1) is 6.92 Å². The molecule has 1 fully saturated rings. The van der Waals surface area contributed by atoms with E-state index >= 15 is 0 Å². The van der Waals surface area contributed by atoms with Crippen LogP contribution in [0.25, 0.3) is 0 Å². The van der Waals surface area contributed by atoms with Crippen LogP contribution in [0.4, 0.5) is 17.3 Å². The smallest absolute Gasteiger partial charge is 0.272 e. The fourth-order valence-corrected chi connectivity index (χ4v) is 3.19. The Balaban J connectivity index is 1.37. The fraction of sp³-hybridized carbons (Fsp3) is 0.238. The van der Waals surface area contributed by atoms with E-state index in [-0.39, 0.29) is 5.91 Å². The fourth-order valence-electron chi connectivity index (χ4n) is 3.19. The second kappa shape index (κ2) is 8.04. The van der Waals surface area contributed by atoms with Crippen molar-refractivity contribution in [3.8, 4) is 0 Å². The van der Waals surface area contributed by atoms with Crippen molar-refractivity contribution in [2.75, 3.05) is 36.4 Å². The van der Waals surface area contributed by atoms with E-state index in [9.17, 15) is 4.79 Å². The molecule has 0 atom stereocenters. The topological polar surface area (TPSA) is 74.2 Å². The van der Waals surface area contributed by atoms with Gasteiger partial charge in [0.25, 0.3) is 5.91 Å². The highest BCUT2D eigenvalue weighted by Gasteiger charge is 2.24. The summed E-state index contributed by atoms with van der Waals surface area (Å²) in [5.41, 5.74) is 3.50. The van der Waals surface area contributed by atoms with Gasteiger partial charge in [0.2, 0.25) is 5.95 Å². The first-order chi connectivity index (χ1) is 13.7. The summed E-state index contributed by atoms with van der Waals surface area (Å²) in [6.07, 6.45) is 5.17. The van der Waals surface area contributed by atoms with Crippen LogP contribution in [0.2, 0.25) is 0 Å². The minimum absolute atomic E-state index is 0.0453. The standard InChI is InChI=1S/C21H22N6O/c1-16-5-2-3-6-18(16)25-17-7-8-19(24-15-17)20(28)26-11-13-27(14-12-26)21-22-9-4-10-23-21/h2-10,15,25H,11-14H2,1H3. The minimum Gasteiger partial charge on any atom is -0.354 e. The van der Waals surface area contributed by atoms with E-state index in [1.807, 2.05) is 42.2 Å². The Morgan fingerprint density at radius 2 is 1.68 bits per heavy atom. The summed E-state index contributed by atoms with van der Waals surface area (Å²) in [6.45, 7) is 4.73. The molecule has 1 aromatic carbocycles. The van der Waals surface area contributed by atoms with E-state index in [4.69, 9.17) is 0 Å². The number of hydrogen-bond donors (Lipinski definition) is 1. The maximum absolute atomic E-state index is 12.8. The van der Waals surface area contributed by atoms with Gasteiger partial charge in [-0.3, -0.25) is 4.79 Å². The number of carbonyl (C=O) groups is 1. The van der Waals surface area contributed by atoms with Crippen LogP contribution in [-0.2, 0) is 0 Å². The lowest BCUT2D eigenvalue weighted by Gasteiger charge is -2.34. The molecule has 7 heteroatoms. The van der Waals surface area contributed by atoms with Crippen LogP contribution in [0.1, 0.15) is 16.1 Å². The quantitative estimate of drug-likeness (QED) is 0.757. The largest absolute Gasteiger partial charge is 0.354 e. The van der Waals surface area contributed by atoms with Crippen molar-refractivity contribution in [3.05, 3.63) is 72.3 Å². The predicted octanol–water partition coefficient (Wildman–Crippen LogP) is 2.89. The zero-order valence-electron chi connectivity index (χ0n) is 15.7. The second-order valence-electron chi connectivity index (χ2n) is 6.70. The normalized spacial score (nSPS) is 14.0. The number of para-hydroxylation sites is 1. The van der Waals surface area contributed by atoms with Crippen molar-refractivity contribution in [3.63, 3.8) is 0 Å². The van der Waals surface area contributed by atoms with Crippen molar-refractivity contribution in [2.45, 2.75) is 6.92 Å². The number of benzene rings is 1. The first kappa shape index (κ1) is 17.9. The average molecular weight is 374 g/mol. The molecule has 7 nitrogen and oxygen atoms in total. The number of pyridine rings is 1.